The molecule has 1 N–H and O–H groups in total. The highest BCUT2D eigenvalue weighted by atomic mass is 32.2. The number of benzene rings is 3. The number of nitrogens with zero attached hydrogens (tertiary/aromatic N) is 2. The lowest BCUT2D eigenvalue weighted by atomic mass is 9.96. The van der Waals surface area contributed by atoms with E-state index >= 15 is 0 Å². The van der Waals surface area contributed by atoms with Crippen molar-refractivity contribution in [3.05, 3.63) is 122 Å². The number of thiophene rings is 1. The molecule has 1 aliphatic heterocycles. The van der Waals surface area contributed by atoms with Crippen molar-refractivity contribution in [1.82, 2.24) is 14.9 Å². The molecule has 2 aromatic heterocycles. The van der Waals surface area contributed by atoms with Crippen LogP contribution < -0.4 is 10.9 Å². The van der Waals surface area contributed by atoms with Gasteiger partial charge in [-0.3, -0.25) is 14.2 Å². The Kier molecular flexibility index (Phi) is 8.29. The van der Waals surface area contributed by atoms with E-state index in [0.29, 0.717) is 34.3 Å². The van der Waals surface area contributed by atoms with Crippen LogP contribution in [0.3, 0.4) is 0 Å². The zero-order valence-corrected chi connectivity index (χ0v) is 25.5. The normalized spacial score (nSPS) is 14.8. The van der Waals surface area contributed by atoms with Crippen LogP contribution in [0.25, 0.3) is 15.9 Å². The molecular formula is C34H33N3O3S2. The third-order valence-electron chi connectivity index (χ3n) is 7.62. The van der Waals surface area contributed by atoms with Crippen LogP contribution >= 0.6 is 23.1 Å². The Morgan fingerprint density at radius 2 is 1.74 bits per heavy atom. The van der Waals surface area contributed by atoms with Crippen molar-refractivity contribution in [3.63, 3.8) is 0 Å². The summed E-state index contributed by atoms with van der Waals surface area (Å²) in [5.41, 5.74) is 4.76. The summed E-state index contributed by atoms with van der Waals surface area (Å²) in [7, 11) is 0. The van der Waals surface area contributed by atoms with Gasteiger partial charge in [0.1, 0.15) is 4.83 Å². The smallest absolute Gasteiger partial charge is 0.267 e. The number of rotatable bonds is 8. The van der Waals surface area contributed by atoms with E-state index in [0.717, 1.165) is 32.8 Å². The summed E-state index contributed by atoms with van der Waals surface area (Å²) in [4.78, 5) is 34.4. The van der Waals surface area contributed by atoms with E-state index < -0.39 is 0 Å². The van der Waals surface area contributed by atoms with E-state index in [4.69, 9.17) is 9.72 Å². The molecule has 214 valence electrons. The number of amides is 1. The highest BCUT2D eigenvalue weighted by Crippen LogP contribution is 2.36. The molecule has 0 saturated heterocycles. The van der Waals surface area contributed by atoms with E-state index in [2.05, 4.69) is 19.2 Å². The number of carbonyl (C=O) groups is 1. The fraction of sp³-hybridized carbons (Fsp3) is 0.265. The zero-order valence-electron chi connectivity index (χ0n) is 23.9. The van der Waals surface area contributed by atoms with Crippen molar-refractivity contribution < 1.29 is 9.53 Å². The molecule has 6 rings (SSSR count). The minimum atomic E-state index is -0.284. The molecule has 0 aliphatic carbocycles. The van der Waals surface area contributed by atoms with Gasteiger partial charge in [0.2, 0.25) is 5.91 Å². The van der Waals surface area contributed by atoms with E-state index in [-0.39, 0.29) is 29.4 Å². The van der Waals surface area contributed by atoms with E-state index in [1.54, 1.807) is 4.57 Å². The third kappa shape index (κ3) is 5.79. The molecule has 0 bridgehead atoms. The number of aromatic nitrogens is 2. The predicted octanol–water partition coefficient (Wildman–Crippen LogP) is 6.85. The number of thioether (sulfide) groups is 1. The molecule has 5 aromatic rings. The standard InChI is InChI=1S/C34H33N3O3S2/c1-21(2)27-18-26-28(19-40-27)42-32-30(26)33(39)37(25-16-10-11-22(3)17-25)34(36-32)41-20-29(38)35-31(23-12-6-4-7-13-23)24-14-8-5-9-15-24/h4-17,21,27,31H,18-20H2,1-3H3,(H,35,38). The van der Waals surface area contributed by atoms with Crippen LogP contribution in [0.5, 0.6) is 0 Å². The maximum absolute atomic E-state index is 14.2. The Labute approximate surface area is 253 Å². The van der Waals surface area contributed by atoms with Crippen LogP contribution in [0.1, 0.15) is 47.0 Å². The first-order chi connectivity index (χ1) is 20.4. The van der Waals surface area contributed by atoms with Crippen LogP contribution in [0.15, 0.2) is 94.9 Å². The summed E-state index contributed by atoms with van der Waals surface area (Å²) in [6, 6.07) is 27.5. The molecule has 1 amide bonds. The summed E-state index contributed by atoms with van der Waals surface area (Å²) >= 11 is 2.81. The molecule has 42 heavy (non-hydrogen) atoms. The molecule has 1 atom stereocenters. The third-order valence-corrected chi connectivity index (χ3v) is 9.66. The largest absolute Gasteiger partial charge is 0.372 e. The van der Waals surface area contributed by atoms with E-state index in [1.807, 2.05) is 91.9 Å². The number of ether oxygens (including phenoxy) is 1. The summed E-state index contributed by atoms with van der Waals surface area (Å²) in [5.74, 6) is 0.328. The fourth-order valence-corrected chi connectivity index (χ4v) is 7.40. The number of hydrogen-bond acceptors (Lipinski definition) is 6. The lowest BCUT2D eigenvalue weighted by Gasteiger charge is -2.26. The second-order valence-corrected chi connectivity index (χ2v) is 13.0. The first-order valence-electron chi connectivity index (χ1n) is 14.2. The van der Waals surface area contributed by atoms with Gasteiger partial charge < -0.3 is 10.1 Å². The Morgan fingerprint density at radius 3 is 2.38 bits per heavy atom. The van der Waals surface area contributed by atoms with Crippen molar-refractivity contribution in [1.29, 1.82) is 0 Å². The van der Waals surface area contributed by atoms with Gasteiger partial charge in [0, 0.05) is 11.3 Å². The number of aryl methyl sites for hydroxylation is 1. The Balaban J connectivity index is 1.35. The molecular weight excluding hydrogens is 563 g/mol. The predicted molar refractivity (Wildman–Crippen MR) is 171 cm³/mol. The van der Waals surface area contributed by atoms with Gasteiger partial charge in [-0.25, -0.2) is 4.98 Å². The lowest BCUT2D eigenvalue weighted by Crippen LogP contribution is -2.31. The van der Waals surface area contributed by atoms with Crippen LogP contribution in [0, 0.1) is 12.8 Å². The quantitative estimate of drug-likeness (QED) is 0.157. The van der Waals surface area contributed by atoms with Gasteiger partial charge in [0.15, 0.2) is 5.16 Å². The summed E-state index contributed by atoms with van der Waals surface area (Å²) in [6.07, 6.45) is 0.773. The van der Waals surface area contributed by atoms with Crippen LogP contribution in [-0.2, 0) is 22.6 Å². The van der Waals surface area contributed by atoms with Crippen molar-refractivity contribution in [2.45, 2.75) is 51.1 Å². The van der Waals surface area contributed by atoms with Gasteiger partial charge >= 0.3 is 0 Å². The van der Waals surface area contributed by atoms with E-state index in [9.17, 15) is 9.59 Å². The molecule has 0 saturated carbocycles. The first-order valence-corrected chi connectivity index (χ1v) is 16.0. The summed E-state index contributed by atoms with van der Waals surface area (Å²) in [6.45, 7) is 6.79. The monoisotopic (exact) mass is 595 g/mol. The van der Waals surface area contributed by atoms with Gasteiger partial charge in [0.25, 0.3) is 5.56 Å². The first kappa shape index (κ1) is 28.4. The van der Waals surface area contributed by atoms with Gasteiger partial charge in [-0.05, 0) is 47.2 Å². The van der Waals surface area contributed by atoms with Crippen molar-refractivity contribution in [3.8, 4) is 5.69 Å². The SMILES string of the molecule is Cc1cccc(-n2c(SCC(=O)NC(c3ccccc3)c3ccccc3)nc3sc4c(c3c2=O)CC(C(C)C)OC4)c1. The summed E-state index contributed by atoms with van der Waals surface area (Å²) in [5, 5.41) is 4.38. The molecule has 6 nitrogen and oxygen atoms in total. The number of nitrogens with one attached hydrogen (secondary N) is 1. The molecule has 3 aromatic carbocycles. The van der Waals surface area contributed by atoms with Crippen LogP contribution in [0.2, 0.25) is 0 Å². The van der Waals surface area contributed by atoms with Crippen LogP contribution in [-0.4, -0.2) is 27.3 Å². The number of fused-ring (bicyclic) bond motifs is 3. The maximum Gasteiger partial charge on any atom is 0.267 e. The van der Waals surface area contributed by atoms with Gasteiger partial charge in [-0.1, -0.05) is 98.4 Å². The van der Waals surface area contributed by atoms with Crippen LogP contribution in [0.4, 0.5) is 0 Å². The van der Waals surface area contributed by atoms with Gasteiger partial charge in [-0.2, -0.15) is 0 Å². The van der Waals surface area contributed by atoms with E-state index in [1.165, 1.54) is 23.1 Å². The molecule has 8 heteroatoms. The number of carbonyl (C=O) groups excluding carboxylic acids is 1. The molecule has 3 heterocycles. The van der Waals surface area contributed by atoms with Gasteiger partial charge in [0.05, 0.1) is 35.6 Å². The Hall–Kier alpha value is -3.72. The zero-order chi connectivity index (χ0) is 29.2. The van der Waals surface area contributed by atoms with Crippen molar-refractivity contribution in [2.75, 3.05) is 5.75 Å². The average Bonchev–Trinajstić information content (AvgIpc) is 3.37. The minimum absolute atomic E-state index is 0.0713. The topological polar surface area (TPSA) is 73.2 Å². The molecule has 1 aliphatic rings. The maximum atomic E-state index is 14.2. The Bertz CT molecular complexity index is 1740. The number of hydrogen-bond donors (Lipinski definition) is 1. The molecule has 1 unspecified atom stereocenters. The molecule has 0 radical (unpaired) electrons. The second-order valence-electron chi connectivity index (χ2n) is 11.0. The average molecular weight is 596 g/mol. The fourth-order valence-electron chi connectivity index (χ4n) is 5.41. The van der Waals surface area contributed by atoms with Crippen molar-refractivity contribution in [2.24, 2.45) is 5.92 Å². The minimum Gasteiger partial charge on any atom is -0.372 e. The second kappa shape index (κ2) is 12.3. The molecule has 0 fully saturated rings. The van der Waals surface area contributed by atoms with Gasteiger partial charge in [-0.15, -0.1) is 11.3 Å². The highest BCUT2D eigenvalue weighted by molar-refractivity contribution is 7.99. The highest BCUT2D eigenvalue weighted by Gasteiger charge is 2.29. The molecule has 0 spiro atoms. The Morgan fingerprint density at radius 1 is 1.05 bits per heavy atom. The lowest BCUT2D eigenvalue weighted by molar-refractivity contribution is -0.119. The summed E-state index contributed by atoms with van der Waals surface area (Å²) < 4.78 is 7.77. The van der Waals surface area contributed by atoms with Crippen molar-refractivity contribution >= 4 is 39.2 Å².